The van der Waals surface area contributed by atoms with Crippen LogP contribution in [0, 0.1) is 5.92 Å². The Bertz CT molecular complexity index is 400. The molecule has 0 unspecified atom stereocenters. The highest BCUT2D eigenvalue weighted by Crippen LogP contribution is 1.98. The van der Waals surface area contributed by atoms with E-state index in [0.29, 0.717) is 18.2 Å². The average molecular weight is 240 g/mol. The molecular formula is C10H16N4O3. The number of nitrogens with zero attached hydrogens (tertiary/aromatic N) is 3. The number of carboxylic acid groups (broad SMARTS) is 1. The lowest BCUT2D eigenvalue weighted by Crippen LogP contribution is -2.31. The number of hydrogen-bond acceptors (Lipinski definition) is 4. The summed E-state index contributed by atoms with van der Waals surface area (Å²) in [5, 5.41) is 18.6. The molecule has 17 heavy (non-hydrogen) atoms. The van der Waals surface area contributed by atoms with Crippen LogP contribution in [0.2, 0.25) is 0 Å². The van der Waals surface area contributed by atoms with E-state index in [4.69, 9.17) is 5.11 Å². The third-order valence-electron chi connectivity index (χ3n) is 2.03. The number of amides is 1. The Morgan fingerprint density at radius 2 is 2.24 bits per heavy atom. The van der Waals surface area contributed by atoms with Crippen LogP contribution in [-0.2, 0) is 22.6 Å². The highest BCUT2D eigenvalue weighted by molar-refractivity contribution is 5.76. The van der Waals surface area contributed by atoms with Crippen molar-refractivity contribution in [2.45, 2.75) is 26.8 Å². The molecule has 1 amide bonds. The Morgan fingerprint density at radius 1 is 1.53 bits per heavy atom. The predicted molar refractivity (Wildman–Crippen MR) is 59.2 cm³/mol. The average Bonchev–Trinajstić information content (AvgIpc) is 2.62. The van der Waals surface area contributed by atoms with Gasteiger partial charge in [0.1, 0.15) is 6.54 Å². The van der Waals surface area contributed by atoms with Crippen LogP contribution in [0.4, 0.5) is 0 Å². The van der Waals surface area contributed by atoms with E-state index in [9.17, 15) is 9.59 Å². The summed E-state index contributed by atoms with van der Waals surface area (Å²) in [6, 6.07) is 0. The molecule has 2 N–H and O–H groups in total. The van der Waals surface area contributed by atoms with E-state index in [1.54, 1.807) is 0 Å². The smallest absolute Gasteiger partial charge is 0.309 e. The van der Waals surface area contributed by atoms with Crippen molar-refractivity contribution in [3.05, 3.63) is 11.9 Å². The first-order chi connectivity index (χ1) is 7.99. The van der Waals surface area contributed by atoms with Crippen molar-refractivity contribution in [1.29, 1.82) is 0 Å². The van der Waals surface area contributed by atoms with Crippen molar-refractivity contribution >= 4 is 11.9 Å². The molecule has 1 aromatic rings. The van der Waals surface area contributed by atoms with Crippen molar-refractivity contribution in [2.75, 3.05) is 6.54 Å². The number of nitrogens with one attached hydrogen (secondary N) is 1. The molecule has 7 nitrogen and oxygen atoms in total. The van der Waals surface area contributed by atoms with Crippen molar-refractivity contribution < 1.29 is 14.7 Å². The van der Waals surface area contributed by atoms with Gasteiger partial charge in [-0.25, -0.2) is 4.68 Å². The lowest BCUT2D eigenvalue weighted by Gasteiger charge is -2.08. The minimum atomic E-state index is -0.976. The summed E-state index contributed by atoms with van der Waals surface area (Å²) in [7, 11) is 0. The SMILES string of the molecule is CC(C)CNC(=O)Cn1nncc1CC(=O)O. The summed E-state index contributed by atoms with van der Waals surface area (Å²) < 4.78 is 1.30. The van der Waals surface area contributed by atoms with Crippen molar-refractivity contribution in [1.82, 2.24) is 20.3 Å². The number of hydrogen-bond donors (Lipinski definition) is 2. The first-order valence-corrected chi connectivity index (χ1v) is 5.35. The highest BCUT2D eigenvalue weighted by atomic mass is 16.4. The molecule has 0 atom stereocenters. The summed E-state index contributed by atoms with van der Waals surface area (Å²) in [6.07, 6.45) is 1.16. The van der Waals surface area contributed by atoms with Crippen LogP contribution in [0.1, 0.15) is 19.5 Å². The molecule has 0 aliphatic heterocycles. The molecule has 0 aliphatic rings. The van der Waals surface area contributed by atoms with E-state index in [1.807, 2.05) is 13.8 Å². The largest absolute Gasteiger partial charge is 0.481 e. The van der Waals surface area contributed by atoms with Gasteiger partial charge >= 0.3 is 5.97 Å². The van der Waals surface area contributed by atoms with Gasteiger partial charge in [0.2, 0.25) is 5.91 Å². The Labute approximate surface area is 98.8 Å². The summed E-state index contributed by atoms with van der Waals surface area (Å²) in [5.74, 6) is -0.805. The Kier molecular flexibility index (Phi) is 4.62. The molecule has 0 fully saturated rings. The molecule has 94 valence electrons. The van der Waals surface area contributed by atoms with E-state index in [1.165, 1.54) is 10.9 Å². The van der Waals surface area contributed by atoms with E-state index in [-0.39, 0.29) is 18.9 Å². The van der Waals surface area contributed by atoms with Gasteiger partial charge in [-0.15, -0.1) is 5.10 Å². The quantitative estimate of drug-likeness (QED) is 0.710. The van der Waals surface area contributed by atoms with Gasteiger partial charge in [-0.1, -0.05) is 19.1 Å². The van der Waals surface area contributed by atoms with E-state index in [2.05, 4.69) is 15.6 Å². The van der Waals surface area contributed by atoms with Gasteiger partial charge in [-0.3, -0.25) is 9.59 Å². The molecule has 1 aromatic heterocycles. The van der Waals surface area contributed by atoms with Gasteiger partial charge in [0, 0.05) is 6.54 Å². The number of carbonyl (C=O) groups excluding carboxylic acids is 1. The van der Waals surface area contributed by atoms with Crippen molar-refractivity contribution in [3.63, 3.8) is 0 Å². The highest BCUT2D eigenvalue weighted by Gasteiger charge is 2.11. The molecule has 0 spiro atoms. The topological polar surface area (TPSA) is 97.1 Å². The number of aliphatic carboxylic acids is 1. The second kappa shape index (κ2) is 5.97. The second-order valence-corrected chi connectivity index (χ2v) is 4.15. The minimum Gasteiger partial charge on any atom is -0.481 e. The first-order valence-electron chi connectivity index (χ1n) is 5.35. The third-order valence-corrected chi connectivity index (χ3v) is 2.03. The maximum atomic E-state index is 11.5. The summed E-state index contributed by atoms with van der Waals surface area (Å²) in [6.45, 7) is 4.56. The fourth-order valence-corrected chi connectivity index (χ4v) is 1.21. The number of carboxylic acids is 1. The summed E-state index contributed by atoms with van der Waals surface area (Å²) >= 11 is 0. The molecular weight excluding hydrogens is 224 g/mol. The predicted octanol–water partition coefficient (Wildman–Crippen LogP) is -0.323. The number of carbonyl (C=O) groups is 2. The maximum absolute atomic E-state index is 11.5. The van der Waals surface area contributed by atoms with E-state index >= 15 is 0 Å². The zero-order valence-corrected chi connectivity index (χ0v) is 9.88. The lowest BCUT2D eigenvalue weighted by molar-refractivity contribution is -0.136. The molecule has 0 aromatic carbocycles. The normalized spacial score (nSPS) is 10.5. The van der Waals surface area contributed by atoms with E-state index in [0.717, 1.165) is 0 Å². The van der Waals surface area contributed by atoms with Gasteiger partial charge in [-0.05, 0) is 5.92 Å². The van der Waals surface area contributed by atoms with Gasteiger partial charge in [0.05, 0.1) is 18.3 Å². The van der Waals surface area contributed by atoms with Crippen molar-refractivity contribution in [2.24, 2.45) is 5.92 Å². The van der Waals surface area contributed by atoms with Crippen LogP contribution in [-0.4, -0.2) is 38.5 Å². The standard InChI is InChI=1S/C10H16N4O3/c1-7(2)4-11-9(15)6-14-8(3-10(16)17)5-12-13-14/h5,7H,3-4,6H2,1-2H3,(H,11,15)(H,16,17). The molecule has 0 saturated carbocycles. The lowest BCUT2D eigenvalue weighted by atomic mass is 10.2. The van der Waals surface area contributed by atoms with Crippen LogP contribution >= 0.6 is 0 Å². The van der Waals surface area contributed by atoms with Crippen LogP contribution in [0.25, 0.3) is 0 Å². The molecule has 0 aliphatic carbocycles. The summed E-state index contributed by atoms with van der Waals surface area (Å²) in [5.41, 5.74) is 0.414. The Hall–Kier alpha value is -1.92. The zero-order valence-electron chi connectivity index (χ0n) is 9.88. The van der Waals surface area contributed by atoms with Gasteiger partial charge in [-0.2, -0.15) is 0 Å². The van der Waals surface area contributed by atoms with E-state index < -0.39 is 5.97 Å². The minimum absolute atomic E-state index is 0.00463. The van der Waals surface area contributed by atoms with Crippen LogP contribution in [0.3, 0.4) is 0 Å². The molecule has 0 saturated heterocycles. The van der Waals surface area contributed by atoms with Gasteiger partial charge in [0.15, 0.2) is 0 Å². The second-order valence-electron chi connectivity index (χ2n) is 4.15. The Balaban J connectivity index is 2.53. The van der Waals surface area contributed by atoms with Gasteiger partial charge in [0.25, 0.3) is 0 Å². The van der Waals surface area contributed by atoms with Crippen molar-refractivity contribution in [3.8, 4) is 0 Å². The molecule has 0 bridgehead atoms. The fraction of sp³-hybridized carbons (Fsp3) is 0.600. The zero-order chi connectivity index (χ0) is 12.8. The molecule has 7 heteroatoms. The van der Waals surface area contributed by atoms with Crippen LogP contribution in [0.15, 0.2) is 6.20 Å². The summed E-state index contributed by atoms with van der Waals surface area (Å²) in [4.78, 5) is 22.1. The number of aromatic nitrogens is 3. The van der Waals surface area contributed by atoms with Gasteiger partial charge < -0.3 is 10.4 Å². The first kappa shape index (κ1) is 13.1. The fourth-order valence-electron chi connectivity index (χ4n) is 1.21. The molecule has 0 radical (unpaired) electrons. The van der Waals surface area contributed by atoms with Crippen LogP contribution < -0.4 is 5.32 Å². The molecule has 1 heterocycles. The maximum Gasteiger partial charge on any atom is 0.309 e. The van der Waals surface area contributed by atoms with Crippen LogP contribution in [0.5, 0.6) is 0 Å². The Morgan fingerprint density at radius 3 is 2.82 bits per heavy atom. The molecule has 1 rings (SSSR count). The monoisotopic (exact) mass is 240 g/mol. The third kappa shape index (κ3) is 4.62. The number of rotatable bonds is 6.